The van der Waals surface area contributed by atoms with Crippen LogP contribution in [0.3, 0.4) is 0 Å². The zero-order valence-electron chi connectivity index (χ0n) is 19.5. The molecule has 9 heteroatoms. The highest BCUT2D eigenvalue weighted by atomic mass is 35.5. The molecule has 7 nitrogen and oxygen atoms in total. The first kappa shape index (κ1) is 25.1. The molecular formula is C23H36ClN5O2S. The summed E-state index contributed by atoms with van der Waals surface area (Å²) in [7, 11) is 0. The summed E-state index contributed by atoms with van der Waals surface area (Å²) in [4.78, 5) is 37.8. The molecule has 1 aromatic heterocycles. The van der Waals surface area contributed by atoms with Gasteiger partial charge >= 0.3 is 0 Å². The van der Waals surface area contributed by atoms with Crippen molar-refractivity contribution in [1.29, 1.82) is 0 Å². The molecule has 1 aliphatic carbocycles. The molecular weight excluding hydrogens is 446 g/mol. The summed E-state index contributed by atoms with van der Waals surface area (Å²) in [6.45, 7) is 8.98. The zero-order valence-corrected chi connectivity index (χ0v) is 21.1. The molecule has 0 spiro atoms. The Balaban J connectivity index is 1.52. The molecule has 2 aliphatic rings. The number of amides is 2. The molecule has 1 N–H and O–H groups in total. The van der Waals surface area contributed by atoms with E-state index in [2.05, 4.69) is 41.0 Å². The van der Waals surface area contributed by atoms with Crippen LogP contribution in [0.2, 0.25) is 5.15 Å². The number of carbonyl (C=O) groups excluding carboxylic acids is 2. The number of carbonyl (C=O) groups is 2. The summed E-state index contributed by atoms with van der Waals surface area (Å²) in [6.07, 6.45) is 6.89. The predicted octanol–water partition coefficient (Wildman–Crippen LogP) is 4.00. The standard InChI is InChI=1S/C23H36ClN5O2S/c1-16(2)13-25-21(30)15-32-23-26-19(24)12-20(27-23)28-10-11-29(17(3)14-28)22(31)9-8-18-6-4-5-7-18/h12,16-18H,4-11,13-15H2,1-3H3,(H,25,30). The number of piperazine rings is 1. The van der Waals surface area contributed by atoms with E-state index in [0.717, 1.165) is 18.2 Å². The van der Waals surface area contributed by atoms with Gasteiger partial charge in [-0.2, -0.15) is 0 Å². The topological polar surface area (TPSA) is 78.4 Å². The Morgan fingerprint density at radius 1 is 1.25 bits per heavy atom. The molecule has 0 bridgehead atoms. The van der Waals surface area contributed by atoms with Gasteiger partial charge in [0.15, 0.2) is 5.16 Å². The molecule has 2 amide bonds. The second-order valence-electron chi connectivity index (χ2n) is 9.39. The zero-order chi connectivity index (χ0) is 23.1. The van der Waals surface area contributed by atoms with Crippen LogP contribution >= 0.6 is 23.4 Å². The van der Waals surface area contributed by atoms with Crippen molar-refractivity contribution in [2.24, 2.45) is 11.8 Å². The van der Waals surface area contributed by atoms with E-state index < -0.39 is 0 Å². The molecule has 1 saturated carbocycles. The number of nitrogens with one attached hydrogen (secondary N) is 1. The molecule has 0 aromatic carbocycles. The van der Waals surface area contributed by atoms with Gasteiger partial charge in [0.05, 0.1) is 5.75 Å². The molecule has 1 atom stereocenters. The molecule has 1 aliphatic heterocycles. The summed E-state index contributed by atoms with van der Waals surface area (Å²) < 4.78 is 0. The maximum Gasteiger partial charge on any atom is 0.230 e. The van der Waals surface area contributed by atoms with Crippen molar-refractivity contribution in [3.63, 3.8) is 0 Å². The summed E-state index contributed by atoms with van der Waals surface area (Å²) in [5.41, 5.74) is 0. The second kappa shape index (κ2) is 12.1. The largest absolute Gasteiger partial charge is 0.355 e. The molecule has 178 valence electrons. The van der Waals surface area contributed by atoms with E-state index in [1.165, 1.54) is 37.4 Å². The van der Waals surface area contributed by atoms with Crippen LogP contribution in [0.1, 0.15) is 59.3 Å². The first-order valence-corrected chi connectivity index (χ1v) is 13.2. The van der Waals surface area contributed by atoms with Gasteiger partial charge in [-0.3, -0.25) is 9.59 Å². The van der Waals surface area contributed by atoms with Gasteiger partial charge in [-0.05, 0) is 25.2 Å². The van der Waals surface area contributed by atoms with Gasteiger partial charge in [-0.1, -0.05) is 62.9 Å². The van der Waals surface area contributed by atoms with E-state index in [-0.39, 0.29) is 23.6 Å². The Morgan fingerprint density at radius 2 is 2.00 bits per heavy atom. The lowest BCUT2D eigenvalue weighted by Gasteiger charge is -2.40. The van der Waals surface area contributed by atoms with Crippen LogP contribution < -0.4 is 10.2 Å². The van der Waals surface area contributed by atoms with E-state index in [0.29, 0.717) is 48.8 Å². The van der Waals surface area contributed by atoms with Crippen molar-refractivity contribution in [2.75, 3.05) is 36.8 Å². The fourth-order valence-electron chi connectivity index (χ4n) is 4.42. The van der Waals surface area contributed by atoms with E-state index in [9.17, 15) is 9.59 Å². The molecule has 3 rings (SSSR count). The number of aromatic nitrogens is 2. The SMILES string of the molecule is CC(C)CNC(=O)CSc1nc(Cl)cc(N2CCN(C(=O)CCC3CCCC3)C(C)C2)n1. The van der Waals surface area contributed by atoms with Crippen molar-refractivity contribution in [1.82, 2.24) is 20.2 Å². The fourth-order valence-corrected chi connectivity index (χ4v) is 5.33. The van der Waals surface area contributed by atoms with Gasteiger partial charge in [-0.25, -0.2) is 9.97 Å². The number of thioether (sulfide) groups is 1. The van der Waals surface area contributed by atoms with Crippen molar-refractivity contribution in [2.45, 2.75) is 70.5 Å². The third-order valence-electron chi connectivity index (χ3n) is 6.21. The van der Waals surface area contributed by atoms with Gasteiger partial charge in [0.1, 0.15) is 11.0 Å². The quantitative estimate of drug-likeness (QED) is 0.326. The highest BCUT2D eigenvalue weighted by Crippen LogP contribution is 2.29. The lowest BCUT2D eigenvalue weighted by molar-refractivity contribution is -0.134. The van der Waals surface area contributed by atoms with Crippen LogP contribution in [0, 0.1) is 11.8 Å². The average Bonchev–Trinajstić information content (AvgIpc) is 3.28. The van der Waals surface area contributed by atoms with Gasteiger partial charge in [0.25, 0.3) is 0 Å². The van der Waals surface area contributed by atoms with Crippen LogP contribution in [0.25, 0.3) is 0 Å². The Bertz CT molecular complexity index is 788. The number of rotatable bonds is 9. The van der Waals surface area contributed by atoms with Gasteiger partial charge in [0, 0.05) is 44.7 Å². The summed E-state index contributed by atoms with van der Waals surface area (Å²) >= 11 is 7.54. The monoisotopic (exact) mass is 481 g/mol. The van der Waals surface area contributed by atoms with E-state index >= 15 is 0 Å². The fraction of sp³-hybridized carbons (Fsp3) is 0.739. The lowest BCUT2D eigenvalue weighted by Crippen LogP contribution is -2.54. The van der Waals surface area contributed by atoms with Gasteiger partial charge < -0.3 is 15.1 Å². The highest BCUT2D eigenvalue weighted by Gasteiger charge is 2.29. The van der Waals surface area contributed by atoms with Crippen LogP contribution in [-0.4, -0.2) is 64.7 Å². The number of hydrogen-bond donors (Lipinski definition) is 1. The van der Waals surface area contributed by atoms with Crippen LogP contribution in [-0.2, 0) is 9.59 Å². The van der Waals surface area contributed by atoms with Crippen molar-refractivity contribution < 1.29 is 9.59 Å². The van der Waals surface area contributed by atoms with E-state index in [1.54, 1.807) is 6.07 Å². The number of nitrogens with zero attached hydrogens (tertiary/aromatic N) is 4. The number of hydrogen-bond acceptors (Lipinski definition) is 6. The molecule has 0 radical (unpaired) electrons. The molecule has 1 unspecified atom stereocenters. The Labute approximate surface area is 201 Å². The minimum absolute atomic E-state index is 0.0350. The molecule has 2 fully saturated rings. The maximum absolute atomic E-state index is 12.8. The van der Waals surface area contributed by atoms with Crippen molar-refractivity contribution >= 4 is 41.0 Å². The Hall–Kier alpha value is -1.54. The van der Waals surface area contributed by atoms with Gasteiger partial charge in [-0.15, -0.1) is 0 Å². The summed E-state index contributed by atoms with van der Waals surface area (Å²) in [5.74, 6) is 2.39. The van der Waals surface area contributed by atoms with Crippen molar-refractivity contribution in [3.05, 3.63) is 11.2 Å². The number of halogens is 1. The molecule has 32 heavy (non-hydrogen) atoms. The third-order valence-corrected chi connectivity index (χ3v) is 7.25. The van der Waals surface area contributed by atoms with E-state index in [1.807, 2.05) is 4.90 Å². The first-order chi connectivity index (χ1) is 15.3. The minimum Gasteiger partial charge on any atom is -0.355 e. The molecule has 1 aromatic rings. The smallest absolute Gasteiger partial charge is 0.230 e. The minimum atomic E-state index is -0.0350. The highest BCUT2D eigenvalue weighted by molar-refractivity contribution is 7.99. The first-order valence-electron chi connectivity index (χ1n) is 11.8. The normalized spacial score (nSPS) is 19.6. The Morgan fingerprint density at radius 3 is 2.69 bits per heavy atom. The maximum atomic E-state index is 12.8. The summed E-state index contributed by atoms with van der Waals surface area (Å²) in [6, 6.07) is 1.88. The third kappa shape index (κ3) is 7.51. The predicted molar refractivity (Wildman–Crippen MR) is 130 cm³/mol. The lowest BCUT2D eigenvalue weighted by atomic mass is 10.0. The Kier molecular flexibility index (Phi) is 9.46. The molecule has 2 heterocycles. The van der Waals surface area contributed by atoms with E-state index in [4.69, 9.17) is 11.6 Å². The van der Waals surface area contributed by atoms with Gasteiger partial charge in [0.2, 0.25) is 11.8 Å². The average molecular weight is 482 g/mol. The van der Waals surface area contributed by atoms with Crippen LogP contribution in [0.5, 0.6) is 0 Å². The summed E-state index contributed by atoms with van der Waals surface area (Å²) in [5, 5.41) is 3.76. The van der Waals surface area contributed by atoms with Crippen molar-refractivity contribution in [3.8, 4) is 0 Å². The second-order valence-corrected chi connectivity index (χ2v) is 10.7. The number of anilines is 1. The molecule has 1 saturated heterocycles. The van der Waals surface area contributed by atoms with Crippen LogP contribution in [0.15, 0.2) is 11.2 Å². The van der Waals surface area contributed by atoms with Crippen LogP contribution in [0.4, 0.5) is 5.82 Å².